The third-order valence-electron chi connectivity index (χ3n) is 2.23. The molecule has 96 valence electrons. The summed E-state index contributed by atoms with van der Waals surface area (Å²) in [6.45, 7) is 6.23. The normalized spacial score (nSPS) is 11.6. The van der Waals surface area contributed by atoms with Crippen LogP contribution in [0.15, 0.2) is 24.3 Å². The van der Waals surface area contributed by atoms with Crippen LogP contribution in [-0.4, -0.2) is 14.9 Å². The lowest BCUT2D eigenvalue weighted by molar-refractivity contribution is 0.627. The molecule has 0 aliphatic carbocycles. The van der Waals surface area contributed by atoms with Crippen molar-refractivity contribution in [2.24, 2.45) is 0 Å². The second-order valence-corrected chi connectivity index (χ2v) is 5.95. The molecule has 0 atom stereocenters. The highest BCUT2D eigenvalue weighted by molar-refractivity contribution is 7.09. The van der Waals surface area contributed by atoms with Gasteiger partial charge in [-0.05, 0) is 38.5 Å². The Morgan fingerprint density at radius 1 is 1.22 bits per heavy atom. The standard InChI is InChI=1S/C13H16FN3S/c1-13(2,3)16-12-15-11(17-18-12)8-9-4-6-10(14)7-5-9/h4-7H,8H2,1-3H3,(H,15,16,17). The smallest absolute Gasteiger partial charge is 0.202 e. The van der Waals surface area contributed by atoms with E-state index in [0.29, 0.717) is 6.42 Å². The molecule has 0 unspecified atom stereocenters. The third kappa shape index (κ3) is 3.77. The predicted octanol–water partition coefficient (Wildman–Crippen LogP) is 3.48. The van der Waals surface area contributed by atoms with Gasteiger partial charge in [-0.2, -0.15) is 4.37 Å². The largest absolute Gasteiger partial charge is 0.356 e. The molecule has 1 aromatic carbocycles. The number of nitrogens with one attached hydrogen (secondary N) is 1. The van der Waals surface area contributed by atoms with Crippen LogP contribution in [0, 0.1) is 5.82 Å². The maximum absolute atomic E-state index is 12.8. The Morgan fingerprint density at radius 2 is 1.89 bits per heavy atom. The first-order valence-electron chi connectivity index (χ1n) is 5.77. The fraction of sp³-hybridized carbons (Fsp3) is 0.385. The summed E-state index contributed by atoms with van der Waals surface area (Å²) in [6, 6.07) is 6.42. The van der Waals surface area contributed by atoms with Crippen molar-refractivity contribution >= 4 is 16.7 Å². The van der Waals surface area contributed by atoms with E-state index in [1.54, 1.807) is 12.1 Å². The lowest BCUT2D eigenvalue weighted by atomic mass is 10.1. The number of halogens is 1. The number of nitrogens with zero attached hydrogens (tertiary/aromatic N) is 2. The summed E-state index contributed by atoms with van der Waals surface area (Å²) in [5, 5.41) is 4.10. The van der Waals surface area contributed by atoms with Gasteiger partial charge >= 0.3 is 0 Å². The van der Waals surface area contributed by atoms with Crippen LogP contribution in [0.25, 0.3) is 0 Å². The number of hydrogen-bond acceptors (Lipinski definition) is 4. The van der Waals surface area contributed by atoms with E-state index in [9.17, 15) is 4.39 Å². The van der Waals surface area contributed by atoms with E-state index in [1.807, 2.05) is 0 Å². The zero-order chi connectivity index (χ0) is 13.2. The van der Waals surface area contributed by atoms with Crippen molar-refractivity contribution < 1.29 is 4.39 Å². The van der Waals surface area contributed by atoms with Gasteiger partial charge in [0.25, 0.3) is 0 Å². The molecule has 0 spiro atoms. The molecular weight excluding hydrogens is 249 g/mol. The molecule has 0 saturated carbocycles. The van der Waals surface area contributed by atoms with Gasteiger partial charge in [-0.15, -0.1) is 0 Å². The molecule has 2 rings (SSSR count). The number of benzene rings is 1. The molecule has 0 amide bonds. The van der Waals surface area contributed by atoms with E-state index in [2.05, 4.69) is 35.4 Å². The van der Waals surface area contributed by atoms with Crippen LogP contribution in [0.1, 0.15) is 32.2 Å². The van der Waals surface area contributed by atoms with Crippen LogP contribution in [0.4, 0.5) is 9.52 Å². The summed E-state index contributed by atoms with van der Waals surface area (Å²) in [4.78, 5) is 4.42. The fourth-order valence-corrected chi connectivity index (χ4v) is 2.28. The quantitative estimate of drug-likeness (QED) is 0.923. The van der Waals surface area contributed by atoms with E-state index < -0.39 is 0 Å². The van der Waals surface area contributed by atoms with Crippen LogP contribution >= 0.6 is 11.5 Å². The van der Waals surface area contributed by atoms with Crippen LogP contribution in [-0.2, 0) is 6.42 Å². The van der Waals surface area contributed by atoms with Crippen LogP contribution in [0.5, 0.6) is 0 Å². The van der Waals surface area contributed by atoms with Crippen molar-refractivity contribution in [3.63, 3.8) is 0 Å². The minimum Gasteiger partial charge on any atom is -0.356 e. The van der Waals surface area contributed by atoms with Gasteiger partial charge in [0.2, 0.25) is 5.13 Å². The van der Waals surface area contributed by atoms with Crippen molar-refractivity contribution in [1.82, 2.24) is 9.36 Å². The molecule has 0 fully saturated rings. The van der Waals surface area contributed by atoms with Gasteiger partial charge in [0.05, 0.1) is 0 Å². The average molecular weight is 265 g/mol. The molecule has 1 heterocycles. The molecule has 0 aliphatic heterocycles. The molecule has 18 heavy (non-hydrogen) atoms. The van der Waals surface area contributed by atoms with Gasteiger partial charge < -0.3 is 5.32 Å². The molecule has 1 aromatic heterocycles. The first-order valence-corrected chi connectivity index (χ1v) is 6.55. The van der Waals surface area contributed by atoms with Crippen LogP contribution < -0.4 is 5.32 Å². The zero-order valence-corrected chi connectivity index (χ0v) is 11.5. The van der Waals surface area contributed by atoms with Gasteiger partial charge in [0, 0.05) is 23.5 Å². The molecule has 5 heteroatoms. The Morgan fingerprint density at radius 3 is 2.50 bits per heavy atom. The highest BCUT2D eigenvalue weighted by atomic mass is 32.1. The Kier molecular flexibility index (Phi) is 3.61. The van der Waals surface area contributed by atoms with E-state index in [0.717, 1.165) is 16.5 Å². The SMILES string of the molecule is CC(C)(C)Nc1nc(Cc2ccc(F)cc2)ns1. The molecule has 0 saturated heterocycles. The molecule has 3 nitrogen and oxygen atoms in total. The molecule has 0 aliphatic rings. The summed E-state index contributed by atoms with van der Waals surface area (Å²) >= 11 is 1.35. The Hall–Kier alpha value is -1.49. The van der Waals surface area contributed by atoms with Crippen molar-refractivity contribution in [2.75, 3.05) is 5.32 Å². The number of aromatic nitrogens is 2. The summed E-state index contributed by atoms with van der Waals surface area (Å²) in [5.41, 5.74) is 0.990. The average Bonchev–Trinajstić information content (AvgIpc) is 2.66. The molecular formula is C13H16FN3S. The first-order chi connectivity index (χ1) is 8.42. The summed E-state index contributed by atoms with van der Waals surface area (Å²) < 4.78 is 17.1. The van der Waals surface area contributed by atoms with Crippen molar-refractivity contribution in [2.45, 2.75) is 32.7 Å². The maximum Gasteiger partial charge on any atom is 0.202 e. The summed E-state index contributed by atoms with van der Waals surface area (Å²) in [7, 11) is 0. The van der Waals surface area contributed by atoms with Crippen LogP contribution in [0.3, 0.4) is 0 Å². The van der Waals surface area contributed by atoms with Gasteiger partial charge in [-0.3, -0.25) is 0 Å². The minimum atomic E-state index is -0.222. The van der Waals surface area contributed by atoms with E-state index >= 15 is 0 Å². The number of rotatable bonds is 3. The maximum atomic E-state index is 12.8. The number of anilines is 1. The highest BCUT2D eigenvalue weighted by Crippen LogP contribution is 2.18. The highest BCUT2D eigenvalue weighted by Gasteiger charge is 2.13. The second-order valence-electron chi connectivity index (χ2n) is 5.19. The lowest BCUT2D eigenvalue weighted by Gasteiger charge is -2.18. The Labute approximate surface area is 110 Å². The molecule has 0 bridgehead atoms. The van der Waals surface area contributed by atoms with Crippen molar-refractivity contribution in [1.29, 1.82) is 0 Å². The van der Waals surface area contributed by atoms with E-state index in [1.165, 1.54) is 23.7 Å². The van der Waals surface area contributed by atoms with Gasteiger partial charge in [0.15, 0.2) is 0 Å². The first kappa shape index (κ1) is 13.0. The topological polar surface area (TPSA) is 37.8 Å². The second kappa shape index (κ2) is 5.02. The van der Waals surface area contributed by atoms with Gasteiger partial charge in [-0.1, -0.05) is 12.1 Å². The predicted molar refractivity (Wildman–Crippen MR) is 72.5 cm³/mol. The zero-order valence-electron chi connectivity index (χ0n) is 10.7. The molecule has 1 N–H and O–H groups in total. The molecule has 0 radical (unpaired) electrons. The summed E-state index contributed by atoms with van der Waals surface area (Å²) in [6.07, 6.45) is 0.628. The van der Waals surface area contributed by atoms with E-state index in [-0.39, 0.29) is 11.4 Å². The van der Waals surface area contributed by atoms with Gasteiger partial charge in [0.1, 0.15) is 11.6 Å². The Bertz CT molecular complexity index is 514. The number of hydrogen-bond donors (Lipinski definition) is 1. The van der Waals surface area contributed by atoms with E-state index in [4.69, 9.17) is 0 Å². The monoisotopic (exact) mass is 265 g/mol. The minimum absolute atomic E-state index is 0.0212. The summed E-state index contributed by atoms with van der Waals surface area (Å²) in [5.74, 6) is 0.540. The Balaban J connectivity index is 2.04. The van der Waals surface area contributed by atoms with Gasteiger partial charge in [-0.25, -0.2) is 9.37 Å². The molecule has 2 aromatic rings. The third-order valence-corrected chi connectivity index (χ3v) is 2.89. The van der Waals surface area contributed by atoms with Crippen LogP contribution in [0.2, 0.25) is 0 Å². The fourth-order valence-electron chi connectivity index (χ4n) is 1.48. The van der Waals surface area contributed by atoms with Crippen molar-refractivity contribution in [3.05, 3.63) is 41.5 Å². The lowest BCUT2D eigenvalue weighted by Crippen LogP contribution is -2.25. The van der Waals surface area contributed by atoms with Crippen molar-refractivity contribution in [3.8, 4) is 0 Å².